The number of anilines is 1. The largest absolute Gasteiger partial charge is 0.486 e. The number of ether oxygens (including phenoxy) is 2. The molecule has 0 atom stereocenters. The first-order chi connectivity index (χ1) is 9.63. The highest BCUT2D eigenvalue weighted by molar-refractivity contribution is 7.98. The van der Waals surface area contributed by atoms with Crippen molar-refractivity contribution >= 4 is 17.4 Å². The Morgan fingerprint density at radius 2 is 1.90 bits per heavy atom. The lowest BCUT2D eigenvalue weighted by Gasteiger charge is -2.20. The van der Waals surface area contributed by atoms with Crippen molar-refractivity contribution < 1.29 is 13.9 Å². The van der Waals surface area contributed by atoms with Crippen LogP contribution in [0.5, 0.6) is 11.5 Å². The summed E-state index contributed by atoms with van der Waals surface area (Å²) in [6.07, 6.45) is 0. The summed E-state index contributed by atoms with van der Waals surface area (Å²) in [6, 6.07) is 3.75. The van der Waals surface area contributed by atoms with Crippen molar-refractivity contribution in [1.29, 1.82) is 0 Å². The summed E-state index contributed by atoms with van der Waals surface area (Å²) in [5, 5.41) is 0.661. The van der Waals surface area contributed by atoms with Crippen molar-refractivity contribution in [2.45, 2.75) is 24.8 Å². The van der Waals surface area contributed by atoms with Crippen LogP contribution in [0, 0.1) is 13.8 Å². The lowest BCUT2D eigenvalue weighted by atomic mass is 10.2. The molecule has 5 nitrogen and oxygen atoms in total. The number of rotatable bonds is 3. The van der Waals surface area contributed by atoms with Gasteiger partial charge >= 0.3 is 0 Å². The van der Waals surface area contributed by atoms with E-state index in [0.29, 0.717) is 35.6 Å². The lowest BCUT2D eigenvalue weighted by molar-refractivity contribution is 0.171. The summed E-state index contributed by atoms with van der Waals surface area (Å²) in [6.45, 7) is 4.98. The van der Waals surface area contributed by atoms with Gasteiger partial charge in [-0.3, -0.25) is 0 Å². The average Bonchev–Trinajstić information content (AvgIpc) is 2.75. The van der Waals surface area contributed by atoms with Gasteiger partial charge < -0.3 is 19.6 Å². The number of hydrogen-bond acceptors (Lipinski definition) is 6. The van der Waals surface area contributed by atoms with Crippen LogP contribution in [0.1, 0.15) is 17.0 Å². The van der Waals surface area contributed by atoms with Crippen molar-refractivity contribution in [3.05, 3.63) is 29.2 Å². The van der Waals surface area contributed by atoms with Gasteiger partial charge in [-0.2, -0.15) is 0 Å². The maximum absolute atomic E-state index is 6.04. The minimum absolute atomic E-state index is 0.565. The highest BCUT2D eigenvalue weighted by Crippen LogP contribution is 2.36. The number of aromatic nitrogens is 1. The topological polar surface area (TPSA) is 70.5 Å². The molecule has 3 rings (SSSR count). The second kappa shape index (κ2) is 5.28. The number of thioether (sulfide) groups is 1. The van der Waals surface area contributed by atoms with Crippen LogP contribution in [0.25, 0.3) is 0 Å². The number of nitrogens with two attached hydrogens (primary N) is 1. The van der Waals surface area contributed by atoms with Crippen LogP contribution in [0.2, 0.25) is 0 Å². The van der Waals surface area contributed by atoms with Crippen LogP contribution < -0.4 is 15.2 Å². The summed E-state index contributed by atoms with van der Waals surface area (Å²) in [5.41, 5.74) is 8.65. The van der Waals surface area contributed by atoms with E-state index in [0.717, 1.165) is 22.8 Å². The summed E-state index contributed by atoms with van der Waals surface area (Å²) in [7, 11) is 0. The third-order valence-corrected chi connectivity index (χ3v) is 4.04. The van der Waals surface area contributed by atoms with Gasteiger partial charge in [0.1, 0.15) is 19.0 Å². The molecule has 106 valence electrons. The van der Waals surface area contributed by atoms with Crippen molar-refractivity contribution in [2.24, 2.45) is 0 Å². The van der Waals surface area contributed by atoms with Crippen LogP contribution >= 0.6 is 11.8 Å². The smallest absolute Gasteiger partial charge is 0.256 e. The molecule has 0 spiro atoms. The molecule has 1 aromatic heterocycles. The summed E-state index contributed by atoms with van der Waals surface area (Å²) >= 11 is 1.52. The molecule has 1 aliphatic heterocycles. The second-order valence-electron chi connectivity index (χ2n) is 4.60. The van der Waals surface area contributed by atoms with Crippen LogP contribution in [0.4, 0.5) is 5.69 Å². The zero-order valence-electron chi connectivity index (χ0n) is 11.4. The molecular weight excluding hydrogens is 276 g/mol. The Bertz CT molecular complexity index is 620. The van der Waals surface area contributed by atoms with E-state index in [4.69, 9.17) is 19.6 Å². The van der Waals surface area contributed by atoms with E-state index in [1.807, 2.05) is 26.0 Å². The van der Waals surface area contributed by atoms with Gasteiger partial charge in [-0.25, -0.2) is 4.98 Å². The summed E-state index contributed by atoms with van der Waals surface area (Å²) < 4.78 is 16.6. The van der Waals surface area contributed by atoms with Crippen molar-refractivity contribution in [3.63, 3.8) is 0 Å². The van der Waals surface area contributed by atoms with Crippen LogP contribution in [-0.4, -0.2) is 18.2 Å². The van der Waals surface area contributed by atoms with Crippen molar-refractivity contribution in [1.82, 2.24) is 4.98 Å². The number of fused-ring (bicyclic) bond motifs is 1. The molecule has 0 saturated heterocycles. The van der Waals surface area contributed by atoms with Crippen molar-refractivity contribution in [2.75, 3.05) is 18.9 Å². The fraction of sp³-hybridized carbons (Fsp3) is 0.357. The molecule has 1 aliphatic rings. The van der Waals surface area contributed by atoms with Gasteiger partial charge in [0.15, 0.2) is 11.5 Å². The van der Waals surface area contributed by atoms with Gasteiger partial charge in [0, 0.05) is 17.5 Å². The molecule has 2 aromatic rings. The molecule has 0 bridgehead atoms. The molecule has 6 heteroatoms. The Balaban J connectivity index is 1.77. The monoisotopic (exact) mass is 292 g/mol. The van der Waals surface area contributed by atoms with Gasteiger partial charge in [-0.1, -0.05) is 11.8 Å². The van der Waals surface area contributed by atoms with Gasteiger partial charge in [-0.05, 0) is 25.5 Å². The van der Waals surface area contributed by atoms with E-state index < -0.39 is 0 Å². The van der Waals surface area contributed by atoms with E-state index in [2.05, 4.69) is 4.98 Å². The highest BCUT2D eigenvalue weighted by atomic mass is 32.2. The average molecular weight is 292 g/mol. The molecule has 20 heavy (non-hydrogen) atoms. The normalized spacial score (nSPS) is 13.5. The van der Waals surface area contributed by atoms with Crippen LogP contribution in [-0.2, 0) is 5.75 Å². The molecule has 0 unspecified atom stereocenters. The zero-order valence-corrected chi connectivity index (χ0v) is 12.3. The maximum atomic E-state index is 6.04. The quantitative estimate of drug-likeness (QED) is 0.693. The van der Waals surface area contributed by atoms with Crippen LogP contribution in [0.15, 0.2) is 21.8 Å². The van der Waals surface area contributed by atoms with Gasteiger partial charge in [0.2, 0.25) is 0 Å². The third kappa shape index (κ3) is 2.56. The maximum Gasteiger partial charge on any atom is 0.256 e. The highest BCUT2D eigenvalue weighted by Gasteiger charge is 2.15. The standard InChI is InChI=1S/C14H16N2O3S/c1-8-9(2)19-14(16-8)20-7-10-5-12-13(6-11(10)15)18-4-3-17-12/h5-6H,3-4,7,15H2,1-2H3. The number of benzene rings is 1. The SMILES string of the molecule is Cc1nc(SCc2cc3c(cc2N)OCCO3)oc1C. The van der Waals surface area contributed by atoms with Gasteiger partial charge in [0.25, 0.3) is 5.22 Å². The Hall–Kier alpha value is -1.82. The first kappa shape index (κ1) is 13.2. The van der Waals surface area contributed by atoms with Gasteiger partial charge in [0.05, 0.1) is 5.69 Å². The minimum atomic E-state index is 0.565. The fourth-order valence-corrected chi connectivity index (χ4v) is 2.83. The number of aryl methyl sites for hydroxylation is 2. The molecule has 0 radical (unpaired) electrons. The van der Waals surface area contributed by atoms with Crippen molar-refractivity contribution in [3.8, 4) is 11.5 Å². The van der Waals surface area contributed by atoms with Gasteiger partial charge in [-0.15, -0.1) is 0 Å². The second-order valence-corrected chi connectivity index (χ2v) is 5.53. The predicted octanol–water partition coefficient (Wildman–Crippen LogP) is 2.94. The Morgan fingerprint density at radius 1 is 1.20 bits per heavy atom. The predicted molar refractivity (Wildman–Crippen MR) is 77.4 cm³/mol. The third-order valence-electron chi connectivity index (χ3n) is 3.16. The molecule has 2 N–H and O–H groups in total. The first-order valence-corrected chi connectivity index (χ1v) is 7.37. The van der Waals surface area contributed by atoms with E-state index in [1.54, 1.807) is 0 Å². The molecule has 0 aliphatic carbocycles. The summed E-state index contributed by atoms with van der Waals surface area (Å²) in [4.78, 5) is 4.34. The molecule has 1 aromatic carbocycles. The molecule has 0 amide bonds. The molecule has 0 fully saturated rings. The summed E-state index contributed by atoms with van der Waals surface area (Å²) in [5.74, 6) is 3.00. The fourth-order valence-electron chi connectivity index (χ4n) is 1.92. The Kier molecular flexibility index (Phi) is 3.48. The van der Waals surface area contributed by atoms with E-state index in [-0.39, 0.29) is 0 Å². The van der Waals surface area contributed by atoms with Crippen LogP contribution in [0.3, 0.4) is 0 Å². The first-order valence-electron chi connectivity index (χ1n) is 6.38. The zero-order chi connectivity index (χ0) is 14.1. The Labute approximate surface area is 121 Å². The van der Waals surface area contributed by atoms with E-state index >= 15 is 0 Å². The Morgan fingerprint density at radius 3 is 2.55 bits per heavy atom. The minimum Gasteiger partial charge on any atom is -0.486 e. The number of oxazole rings is 1. The molecular formula is C14H16N2O3S. The number of hydrogen-bond donors (Lipinski definition) is 1. The molecule has 0 saturated carbocycles. The van der Waals surface area contributed by atoms with E-state index in [1.165, 1.54) is 11.8 Å². The lowest BCUT2D eigenvalue weighted by Crippen LogP contribution is -2.15. The molecule has 2 heterocycles. The van der Waals surface area contributed by atoms with E-state index in [9.17, 15) is 0 Å². The number of nitrogens with zero attached hydrogens (tertiary/aromatic N) is 1. The number of nitrogen functional groups attached to an aromatic ring is 1.